The number of nitrogens with zero attached hydrogens (tertiary/aromatic N) is 1. The quantitative estimate of drug-likeness (QED) is 0.434. The van der Waals surface area contributed by atoms with E-state index in [1.807, 2.05) is 60.7 Å². The van der Waals surface area contributed by atoms with Crippen LogP contribution in [0.5, 0.6) is 0 Å². The molecular formula is C26H29N3O3S. The number of alkyl carbamates (subject to hydrolysis) is 1. The number of anilines is 1. The second-order valence-electron chi connectivity index (χ2n) is 8.54. The summed E-state index contributed by atoms with van der Waals surface area (Å²) >= 11 is 1.63. The molecule has 1 atom stereocenters. The van der Waals surface area contributed by atoms with Crippen LogP contribution in [0.15, 0.2) is 84.0 Å². The number of benzene rings is 2. The number of carbonyl (C=O) groups is 2. The molecular weight excluding hydrogens is 434 g/mol. The Bertz CT molecular complexity index is 1040. The van der Waals surface area contributed by atoms with E-state index in [9.17, 15) is 9.59 Å². The molecule has 0 radical (unpaired) electrons. The maximum atomic E-state index is 13.0. The number of thioether (sulfide) groups is 1. The Hall–Kier alpha value is -3.32. The molecule has 0 spiro atoms. The lowest BCUT2D eigenvalue weighted by molar-refractivity contribution is -0.118. The second-order valence-corrected chi connectivity index (χ2v) is 9.53. The first-order valence-corrected chi connectivity index (χ1v) is 11.7. The van der Waals surface area contributed by atoms with E-state index in [1.54, 1.807) is 38.7 Å². The summed E-state index contributed by atoms with van der Waals surface area (Å²) in [5.74, 6) is 0.481. The highest BCUT2D eigenvalue weighted by Crippen LogP contribution is 2.22. The van der Waals surface area contributed by atoms with Gasteiger partial charge in [-0.15, -0.1) is 11.8 Å². The lowest BCUT2D eigenvalue weighted by atomic mass is 10.1. The Balaban J connectivity index is 1.63. The average Bonchev–Trinajstić information content (AvgIpc) is 2.78. The molecule has 172 valence electrons. The smallest absolute Gasteiger partial charge is 0.408 e. The van der Waals surface area contributed by atoms with Crippen LogP contribution < -0.4 is 10.6 Å². The molecule has 0 aliphatic carbocycles. The highest BCUT2D eigenvalue weighted by atomic mass is 32.2. The van der Waals surface area contributed by atoms with E-state index < -0.39 is 17.7 Å². The van der Waals surface area contributed by atoms with Crippen LogP contribution in [0.25, 0.3) is 0 Å². The van der Waals surface area contributed by atoms with Crippen molar-refractivity contribution in [1.29, 1.82) is 0 Å². The molecule has 2 aromatic carbocycles. The number of amides is 2. The third-order valence-corrected chi connectivity index (χ3v) is 5.54. The van der Waals surface area contributed by atoms with Gasteiger partial charge in [-0.1, -0.05) is 60.7 Å². The highest BCUT2D eigenvalue weighted by molar-refractivity contribution is 7.98. The number of rotatable bonds is 8. The number of ether oxygens (including phenoxy) is 1. The Morgan fingerprint density at radius 1 is 0.939 bits per heavy atom. The van der Waals surface area contributed by atoms with Crippen LogP contribution in [-0.2, 0) is 21.7 Å². The van der Waals surface area contributed by atoms with Gasteiger partial charge in [0.15, 0.2) is 0 Å². The first kappa shape index (κ1) is 24.3. The first-order valence-electron chi connectivity index (χ1n) is 10.8. The van der Waals surface area contributed by atoms with Crippen LogP contribution in [0.4, 0.5) is 10.5 Å². The van der Waals surface area contributed by atoms with E-state index in [0.29, 0.717) is 12.1 Å². The van der Waals surface area contributed by atoms with E-state index in [0.717, 1.165) is 16.3 Å². The van der Waals surface area contributed by atoms with Crippen LogP contribution in [0.2, 0.25) is 0 Å². The molecule has 0 bridgehead atoms. The zero-order chi connectivity index (χ0) is 23.7. The van der Waals surface area contributed by atoms with Crippen LogP contribution in [0.1, 0.15) is 31.9 Å². The zero-order valence-electron chi connectivity index (χ0n) is 19.1. The molecule has 6 nitrogen and oxygen atoms in total. The normalized spacial score (nSPS) is 12.0. The van der Waals surface area contributed by atoms with Gasteiger partial charge in [0, 0.05) is 12.2 Å². The molecule has 0 aliphatic rings. The SMILES string of the molecule is CC(C)(C)OC(=O)NC(Cc1ccccc1)C(=O)Nc1ccc(SCc2ccccc2)nc1. The summed E-state index contributed by atoms with van der Waals surface area (Å²) in [5.41, 5.74) is 2.06. The van der Waals surface area contributed by atoms with E-state index in [4.69, 9.17) is 4.74 Å². The average molecular weight is 464 g/mol. The van der Waals surface area contributed by atoms with Gasteiger partial charge in [0.05, 0.1) is 16.9 Å². The third-order valence-electron chi connectivity index (χ3n) is 4.52. The van der Waals surface area contributed by atoms with Crippen molar-refractivity contribution in [2.75, 3.05) is 5.32 Å². The molecule has 0 aliphatic heterocycles. The van der Waals surface area contributed by atoms with Gasteiger partial charge < -0.3 is 15.4 Å². The molecule has 2 N–H and O–H groups in total. The monoisotopic (exact) mass is 463 g/mol. The Morgan fingerprint density at radius 3 is 2.15 bits per heavy atom. The van der Waals surface area contributed by atoms with Crippen LogP contribution in [0, 0.1) is 0 Å². The number of carbonyl (C=O) groups excluding carboxylic acids is 2. The van der Waals surface area contributed by atoms with Gasteiger partial charge in [-0.3, -0.25) is 4.79 Å². The molecule has 33 heavy (non-hydrogen) atoms. The molecule has 1 unspecified atom stereocenters. The predicted octanol–water partition coefficient (Wildman–Crippen LogP) is 5.45. The van der Waals surface area contributed by atoms with E-state index in [-0.39, 0.29) is 5.91 Å². The van der Waals surface area contributed by atoms with Crippen LogP contribution in [-0.4, -0.2) is 28.6 Å². The fourth-order valence-corrected chi connectivity index (χ4v) is 3.81. The summed E-state index contributed by atoms with van der Waals surface area (Å²) in [6, 6.07) is 22.6. The van der Waals surface area contributed by atoms with Crippen molar-refractivity contribution in [1.82, 2.24) is 10.3 Å². The minimum absolute atomic E-state index is 0.337. The van der Waals surface area contributed by atoms with E-state index in [2.05, 4.69) is 27.8 Å². The van der Waals surface area contributed by atoms with Crippen molar-refractivity contribution in [3.63, 3.8) is 0 Å². The van der Waals surface area contributed by atoms with Crippen LogP contribution >= 0.6 is 11.8 Å². The molecule has 3 aromatic rings. The fraction of sp³-hybridized carbons (Fsp3) is 0.269. The highest BCUT2D eigenvalue weighted by Gasteiger charge is 2.25. The standard InChI is InChI=1S/C26H29N3O3S/c1-26(2,3)32-25(31)29-22(16-19-10-6-4-7-11-19)24(30)28-21-14-15-23(27-17-21)33-18-20-12-8-5-9-13-20/h4-15,17,22H,16,18H2,1-3H3,(H,28,30)(H,29,31). The van der Waals surface area contributed by atoms with Gasteiger partial charge in [0.1, 0.15) is 11.6 Å². The zero-order valence-corrected chi connectivity index (χ0v) is 19.9. The summed E-state index contributed by atoms with van der Waals surface area (Å²) in [5, 5.41) is 6.41. The largest absolute Gasteiger partial charge is 0.444 e. The van der Waals surface area contributed by atoms with Gasteiger partial charge in [0.25, 0.3) is 0 Å². The van der Waals surface area contributed by atoms with Gasteiger partial charge >= 0.3 is 6.09 Å². The van der Waals surface area contributed by atoms with E-state index >= 15 is 0 Å². The summed E-state index contributed by atoms with van der Waals surface area (Å²) < 4.78 is 5.34. The number of pyridine rings is 1. The van der Waals surface area contributed by atoms with Crippen molar-refractivity contribution >= 4 is 29.4 Å². The summed E-state index contributed by atoms with van der Waals surface area (Å²) in [4.78, 5) is 29.8. The molecule has 7 heteroatoms. The maximum absolute atomic E-state index is 13.0. The minimum atomic E-state index is -0.797. The van der Waals surface area contributed by atoms with Crippen molar-refractivity contribution in [2.45, 2.75) is 49.6 Å². The Kier molecular flexibility index (Phi) is 8.49. The van der Waals surface area contributed by atoms with Crippen molar-refractivity contribution in [3.8, 4) is 0 Å². The van der Waals surface area contributed by atoms with Gasteiger partial charge in [0.2, 0.25) is 5.91 Å². The lowest BCUT2D eigenvalue weighted by Crippen LogP contribution is -2.47. The number of hydrogen-bond acceptors (Lipinski definition) is 5. The molecule has 3 rings (SSSR count). The Morgan fingerprint density at radius 2 is 1.58 bits per heavy atom. The minimum Gasteiger partial charge on any atom is -0.444 e. The first-order chi connectivity index (χ1) is 15.8. The summed E-state index contributed by atoms with van der Waals surface area (Å²) in [6.45, 7) is 5.34. The molecule has 0 saturated heterocycles. The molecule has 1 aromatic heterocycles. The van der Waals surface area contributed by atoms with Crippen molar-refractivity contribution in [2.24, 2.45) is 0 Å². The lowest BCUT2D eigenvalue weighted by Gasteiger charge is -2.23. The van der Waals surface area contributed by atoms with Crippen molar-refractivity contribution < 1.29 is 14.3 Å². The number of nitrogens with one attached hydrogen (secondary N) is 2. The second kappa shape index (κ2) is 11.5. The van der Waals surface area contributed by atoms with Gasteiger partial charge in [-0.25, -0.2) is 9.78 Å². The van der Waals surface area contributed by atoms with Crippen molar-refractivity contribution in [3.05, 3.63) is 90.1 Å². The topological polar surface area (TPSA) is 80.3 Å². The Labute approximate surface area is 199 Å². The summed E-state index contributed by atoms with van der Waals surface area (Å²) in [7, 11) is 0. The summed E-state index contributed by atoms with van der Waals surface area (Å²) in [6.07, 6.45) is 1.33. The van der Waals surface area contributed by atoms with Crippen LogP contribution in [0.3, 0.4) is 0 Å². The molecule has 0 saturated carbocycles. The number of hydrogen-bond donors (Lipinski definition) is 2. The van der Waals surface area contributed by atoms with E-state index in [1.165, 1.54) is 5.56 Å². The third kappa shape index (κ3) is 8.61. The van der Waals surface area contributed by atoms with Gasteiger partial charge in [-0.2, -0.15) is 0 Å². The number of aromatic nitrogens is 1. The van der Waals surface area contributed by atoms with Gasteiger partial charge in [-0.05, 0) is 44.0 Å². The molecule has 1 heterocycles. The molecule has 2 amide bonds. The predicted molar refractivity (Wildman–Crippen MR) is 132 cm³/mol. The fourth-order valence-electron chi connectivity index (χ4n) is 3.01. The molecule has 0 fully saturated rings. The maximum Gasteiger partial charge on any atom is 0.408 e.